The lowest BCUT2D eigenvalue weighted by atomic mass is 10.1. The average Bonchev–Trinajstić information content (AvgIpc) is 2.61. The lowest BCUT2D eigenvalue weighted by molar-refractivity contribution is -0.117. The predicted octanol–water partition coefficient (Wildman–Crippen LogP) is 3.50. The quantitative estimate of drug-likeness (QED) is 0.785. The highest BCUT2D eigenvalue weighted by molar-refractivity contribution is 7.92. The van der Waals surface area contributed by atoms with Crippen molar-refractivity contribution >= 4 is 27.3 Å². The minimum Gasteiger partial charge on any atom is -0.495 e. The van der Waals surface area contributed by atoms with Crippen molar-refractivity contribution < 1.29 is 17.9 Å². The molecule has 2 rings (SSSR count). The predicted molar refractivity (Wildman–Crippen MR) is 109 cm³/mol. The maximum atomic E-state index is 13.0. The molecule has 0 aliphatic rings. The van der Waals surface area contributed by atoms with Gasteiger partial charge in [-0.25, -0.2) is 8.42 Å². The van der Waals surface area contributed by atoms with Crippen molar-refractivity contribution in [1.29, 1.82) is 0 Å². The molecule has 27 heavy (non-hydrogen) atoms. The molecule has 0 fully saturated rings. The topological polar surface area (TPSA) is 75.7 Å². The zero-order valence-corrected chi connectivity index (χ0v) is 17.1. The van der Waals surface area contributed by atoms with E-state index in [0.717, 1.165) is 17.4 Å². The van der Waals surface area contributed by atoms with Crippen LogP contribution in [0.15, 0.2) is 42.5 Å². The second-order valence-electron chi connectivity index (χ2n) is 6.44. The van der Waals surface area contributed by atoms with Crippen LogP contribution in [-0.2, 0) is 14.8 Å². The SMILES string of the molecule is CC[C@@H](C(=O)Nc1ccccc1OC)N(c1ccc(C)c(C)c1)S(C)(=O)=O. The molecular weight excluding hydrogens is 364 g/mol. The Morgan fingerprint density at radius 3 is 2.37 bits per heavy atom. The van der Waals surface area contributed by atoms with E-state index in [1.54, 1.807) is 43.3 Å². The Labute approximate surface area is 161 Å². The Kier molecular flexibility index (Phi) is 6.49. The summed E-state index contributed by atoms with van der Waals surface area (Å²) in [6.45, 7) is 5.65. The molecule has 0 unspecified atom stereocenters. The first-order chi connectivity index (χ1) is 12.7. The summed E-state index contributed by atoms with van der Waals surface area (Å²) in [6, 6.07) is 11.5. The molecule has 0 bridgehead atoms. The molecule has 6 nitrogen and oxygen atoms in total. The second kappa shape index (κ2) is 8.43. The summed E-state index contributed by atoms with van der Waals surface area (Å²) in [5, 5.41) is 2.79. The number of methoxy groups -OCH3 is 1. The molecule has 2 aromatic carbocycles. The molecule has 1 atom stereocenters. The van der Waals surface area contributed by atoms with E-state index < -0.39 is 22.0 Å². The fourth-order valence-corrected chi connectivity index (χ4v) is 4.09. The number of para-hydroxylation sites is 2. The Balaban J connectivity index is 2.43. The van der Waals surface area contributed by atoms with Crippen molar-refractivity contribution in [3.8, 4) is 5.75 Å². The van der Waals surface area contributed by atoms with E-state index in [0.29, 0.717) is 23.5 Å². The third kappa shape index (κ3) is 4.80. The first-order valence-corrected chi connectivity index (χ1v) is 10.5. The number of amides is 1. The van der Waals surface area contributed by atoms with Crippen LogP contribution in [0.3, 0.4) is 0 Å². The molecule has 0 spiro atoms. The fourth-order valence-electron chi connectivity index (χ4n) is 2.89. The van der Waals surface area contributed by atoms with Gasteiger partial charge in [0.15, 0.2) is 0 Å². The van der Waals surface area contributed by atoms with Crippen molar-refractivity contribution in [3.05, 3.63) is 53.6 Å². The van der Waals surface area contributed by atoms with Crippen molar-refractivity contribution in [2.45, 2.75) is 33.2 Å². The average molecular weight is 391 g/mol. The van der Waals surface area contributed by atoms with Gasteiger partial charge < -0.3 is 10.1 Å². The highest BCUT2D eigenvalue weighted by Crippen LogP contribution is 2.27. The standard InChI is InChI=1S/C20H26N2O4S/c1-6-18(20(23)21-17-9-7-8-10-19(17)26-4)22(27(5,24)25)16-12-11-14(2)15(3)13-16/h7-13,18H,6H2,1-5H3,(H,21,23)/t18-/m0/s1. The summed E-state index contributed by atoms with van der Waals surface area (Å²) in [5.41, 5.74) is 2.99. The summed E-state index contributed by atoms with van der Waals surface area (Å²) in [4.78, 5) is 13.0. The van der Waals surface area contributed by atoms with Crippen LogP contribution in [0, 0.1) is 13.8 Å². The third-order valence-electron chi connectivity index (χ3n) is 4.44. The van der Waals surface area contributed by atoms with Gasteiger partial charge in [-0.2, -0.15) is 0 Å². The highest BCUT2D eigenvalue weighted by atomic mass is 32.2. The molecule has 1 amide bonds. The molecule has 7 heteroatoms. The highest BCUT2D eigenvalue weighted by Gasteiger charge is 2.32. The number of nitrogens with zero attached hydrogens (tertiary/aromatic N) is 1. The minimum atomic E-state index is -3.67. The van der Waals surface area contributed by atoms with Crippen molar-refractivity contribution in [2.75, 3.05) is 23.0 Å². The van der Waals surface area contributed by atoms with Crippen LogP contribution in [0.1, 0.15) is 24.5 Å². The van der Waals surface area contributed by atoms with Gasteiger partial charge in [0.05, 0.1) is 24.7 Å². The molecule has 0 aromatic heterocycles. The molecule has 1 N–H and O–H groups in total. The molecular formula is C20H26N2O4S. The Hall–Kier alpha value is -2.54. The number of carbonyl (C=O) groups is 1. The van der Waals surface area contributed by atoms with E-state index in [1.165, 1.54) is 11.4 Å². The molecule has 0 aliphatic heterocycles. The zero-order chi connectivity index (χ0) is 20.2. The van der Waals surface area contributed by atoms with Crippen LogP contribution in [0.5, 0.6) is 5.75 Å². The van der Waals surface area contributed by atoms with Gasteiger partial charge >= 0.3 is 0 Å². The second-order valence-corrected chi connectivity index (χ2v) is 8.30. The first kappa shape index (κ1) is 20.8. The monoisotopic (exact) mass is 390 g/mol. The van der Waals surface area contributed by atoms with Gasteiger partial charge in [-0.3, -0.25) is 9.10 Å². The van der Waals surface area contributed by atoms with Gasteiger partial charge in [-0.15, -0.1) is 0 Å². The van der Waals surface area contributed by atoms with Crippen LogP contribution in [0.25, 0.3) is 0 Å². The maximum absolute atomic E-state index is 13.0. The van der Waals surface area contributed by atoms with Gasteiger partial charge in [0.1, 0.15) is 11.8 Å². The van der Waals surface area contributed by atoms with Crippen molar-refractivity contribution in [2.24, 2.45) is 0 Å². The van der Waals surface area contributed by atoms with Crippen molar-refractivity contribution in [1.82, 2.24) is 0 Å². The number of aryl methyl sites for hydroxylation is 2. The van der Waals surface area contributed by atoms with Gasteiger partial charge in [-0.1, -0.05) is 25.1 Å². The molecule has 0 aliphatic carbocycles. The number of benzene rings is 2. The van der Waals surface area contributed by atoms with E-state index >= 15 is 0 Å². The Bertz CT molecular complexity index is 925. The Morgan fingerprint density at radius 2 is 1.81 bits per heavy atom. The largest absolute Gasteiger partial charge is 0.495 e. The van der Waals surface area contributed by atoms with E-state index in [9.17, 15) is 13.2 Å². The van der Waals surface area contributed by atoms with Gasteiger partial charge in [0.25, 0.3) is 0 Å². The molecule has 0 heterocycles. The Morgan fingerprint density at radius 1 is 1.15 bits per heavy atom. The fraction of sp³-hybridized carbons (Fsp3) is 0.350. The summed E-state index contributed by atoms with van der Waals surface area (Å²) < 4.78 is 31.5. The van der Waals surface area contributed by atoms with Gasteiger partial charge in [0, 0.05) is 0 Å². The normalized spacial score (nSPS) is 12.3. The van der Waals surface area contributed by atoms with Gasteiger partial charge in [0.2, 0.25) is 15.9 Å². The smallest absolute Gasteiger partial charge is 0.248 e. The summed E-state index contributed by atoms with van der Waals surface area (Å²) >= 11 is 0. The summed E-state index contributed by atoms with van der Waals surface area (Å²) in [5.74, 6) is 0.100. The number of nitrogens with one attached hydrogen (secondary N) is 1. The number of rotatable bonds is 7. The number of hydrogen-bond acceptors (Lipinski definition) is 4. The van der Waals surface area contributed by atoms with E-state index in [2.05, 4.69) is 5.32 Å². The van der Waals surface area contributed by atoms with E-state index in [1.807, 2.05) is 19.9 Å². The molecule has 146 valence electrons. The molecule has 2 aromatic rings. The van der Waals surface area contributed by atoms with E-state index in [-0.39, 0.29) is 0 Å². The van der Waals surface area contributed by atoms with Gasteiger partial charge in [-0.05, 0) is 55.7 Å². The van der Waals surface area contributed by atoms with Crippen LogP contribution < -0.4 is 14.4 Å². The van der Waals surface area contributed by atoms with E-state index in [4.69, 9.17) is 4.74 Å². The number of carbonyl (C=O) groups excluding carboxylic acids is 1. The number of ether oxygens (including phenoxy) is 1. The summed E-state index contributed by atoms with van der Waals surface area (Å²) in [7, 11) is -2.16. The van der Waals surface area contributed by atoms with Crippen LogP contribution in [0.2, 0.25) is 0 Å². The summed E-state index contributed by atoms with van der Waals surface area (Å²) in [6.07, 6.45) is 1.43. The molecule has 0 radical (unpaired) electrons. The lowest BCUT2D eigenvalue weighted by Gasteiger charge is -2.30. The maximum Gasteiger partial charge on any atom is 0.248 e. The zero-order valence-electron chi connectivity index (χ0n) is 16.3. The first-order valence-electron chi connectivity index (χ1n) is 8.69. The molecule has 0 saturated heterocycles. The van der Waals surface area contributed by atoms with Crippen molar-refractivity contribution in [3.63, 3.8) is 0 Å². The number of hydrogen-bond donors (Lipinski definition) is 1. The van der Waals surface area contributed by atoms with Crippen LogP contribution in [-0.4, -0.2) is 33.7 Å². The third-order valence-corrected chi connectivity index (χ3v) is 5.62. The molecule has 0 saturated carbocycles. The lowest BCUT2D eigenvalue weighted by Crippen LogP contribution is -2.47. The number of sulfonamides is 1. The minimum absolute atomic E-state index is 0.320. The van der Waals surface area contributed by atoms with Crippen LogP contribution in [0.4, 0.5) is 11.4 Å². The van der Waals surface area contributed by atoms with Crippen LogP contribution >= 0.6 is 0 Å². The number of anilines is 2.